The summed E-state index contributed by atoms with van der Waals surface area (Å²) in [7, 11) is 1.72. The van der Waals surface area contributed by atoms with Crippen molar-refractivity contribution in [2.24, 2.45) is 10.9 Å². The van der Waals surface area contributed by atoms with Crippen LogP contribution in [0.1, 0.15) is 77.6 Å². The predicted octanol–water partition coefficient (Wildman–Crippen LogP) is 3.94. The molecule has 2 N–H and O–H groups in total. The van der Waals surface area contributed by atoms with E-state index >= 15 is 0 Å². The lowest BCUT2D eigenvalue weighted by atomic mass is 9.93. The number of unbranched alkanes of at least 4 members (excludes halogenated alkanes) is 1. The number of aliphatic imine (C=N–C) groups is 1. The molecule has 0 radical (unpaired) electrons. The molecule has 170 valence electrons. The number of hydrogen-bond acceptors (Lipinski definition) is 3. The van der Waals surface area contributed by atoms with Gasteiger partial charge in [-0.1, -0.05) is 25.7 Å². The third-order valence-corrected chi connectivity index (χ3v) is 5.97. The number of guanidine groups is 1. The number of hydrogen-bond donors (Lipinski definition) is 2. The Kier molecular flexibility index (Phi) is 14.8. The van der Waals surface area contributed by atoms with Crippen LogP contribution in [0.5, 0.6) is 0 Å². The zero-order valence-electron chi connectivity index (χ0n) is 18.6. The molecule has 1 saturated heterocycles. The molecule has 1 saturated carbocycles. The van der Waals surface area contributed by atoms with Gasteiger partial charge in [0.05, 0.1) is 6.10 Å². The largest absolute Gasteiger partial charge is 0.378 e. The maximum absolute atomic E-state index is 11.6. The molecule has 0 bridgehead atoms. The number of carbonyl (C=O) groups is 1. The molecular weight excluding hydrogens is 479 g/mol. The highest BCUT2D eigenvalue weighted by atomic mass is 127. The van der Waals surface area contributed by atoms with E-state index in [-0.39, 0.29) is 29.9 Å². The fourth-order valence-electron chi connectivity index (χ4n) is 4.20. The van der Waals surface area contributed by atoms with Gasteiger partial charge in [0.25, 0.3) is 0 Å². The molecule has 0 spiro atoms. The first kappa shape index (κ1) is 26.5. The summed E-state index contributed by atoms with van der Waals surface area (Å²) in [6.45, 7) is 6.71. The Balaban J connectivity index is 0.00000420. The van der Waals surface area contributed by atoms with Crippen molar-refractivity contribution in [2.45, 2.75) is 83.7 Å². The Hall–Kier alpha value is -0.570. The summed E-state index contributed by atoms with van der Waals surface area (Å²) in [5.41, 5.74) is 0. The van der Waals surface area contributed by atoms with Crippen molar-refractivity contribution in [3.05, 3.63) is 0 Å². The van der Waals surface area contributed by atoms with Gasteiger partial charge in [-0.25, -0.2) is 0 Å². The van der Waals surface area contributed by atoms with Crippen LogP contribution in [0.2, 0.25) is 0 Å². The van der Waals surface area contributed by atoms with Crippen molar-refractivity contribution < 1.29 is 9.53 Å². The van der Waals surface area contributed by atoms with Gasteiger partial charge in [-0.15, -0.1) is 24.0 Å². The summed E-state index contributed by atoms with van der Waals surface area (Å²) in [5.74, 6) is 1.69. The molecule has 0 aromatic rings. The number of likely N-dealkylation sites (tertiary alicyclic amines) is 1. The fraction of sp³-hybridized carbons (Fsp3) is 0.909. The number of ether oxygens (including phenoxy) is 1. The number of amides is 1. The lowest BCUT2D eigenvalue weighted by Gasteiger charge is -2.34. The summed E-state index contributed by atoms with van der Waals surface area (Å²) in [6, 6.07) is 0. The van der Waals surface area contributed by atoms with Gasteiger partial charge in [-0.3, -0.25) is 9.79 Å². The topological polar surface area (TPSA) is 66.0 Å². The molecule has 6 nitrogen and oxygen atoms in total. The van der Waals surface area contributed by atoms with Crippen LogP contribution in [0.3, 0.4) is 0 Å². The highest BCUT2D eigenvalue weighted by molar-refractivity contribution is 14.0. The van der Waals surface area contributed by atoms with Gasteiger partial charge in [0.15, 0.2) is 5.96 Å². The first-order valence-electron chi connectivity index (χ1n) is 11.6. The lowest BCUT2D eigenvalue weighted by Crippen LogP contribution is -2.46. The molecule has 0 atom stereocenters. The summed E-state index contributed by atoms with van der Waals surface area (Å²) in [5, 5.41) is 6.17. The minimum Gasteiger partial charge on any atom is -0.378 e. The molecular formula is C22H43IN4O2. The van der Waals surface area contributed by atoms with E-state index in [9.17, 15) is 4.79 Å². The van der Waals surface area contributed by atoms with Crippen LogP contribution in [0.4, 0.5) is 0 Å². The summed E-state index contributed by atoms with van der Waals surface area (Å²) >= 11 is 0. The standard InChI is InChI=1S/C22H42N4O2.HI/c1-3-24-22(26-15-12-19(13-16-26)18-21(27)23-2)25-14-8-9-17-28-20-10-6-4-5-7-11-20;/h19-20H,3-18H2,1-2H3,(H,23,27)(H,24,25);1H. The molecule has 1 heterocycles. The molecule has 2 fully saturated rings. The van der Waals surface area contributed by atoms with E-state index in [4.69, 9.17) is 9.73 Å². The van der Waals surface area contributed by atoms with Gasteiger partial charge in [0.1, 0.15) is 0 Å². The van der Waals surface area contributed by atoms with Gasteiger partial charge in [-0.05, 0) is 51.4 Å². The lowest BCUT2D eigenvalue weighted by molar-refractivity contribution is -0.121. The molecule has 2 aliphatic rings. The van der Waals surface area contributed by atoms with Crippen molar-refractivity contribution in [1.82, 2.24) is 15.5 Å². The Morgan fingerprint density at radius 2 is 1.76 bits per heavy atom. The maximum atomic E-state index is 11.6. The van der Waals surface area contributed by atoms with Crippen LogP contribution in [0, 0.1) is 5.92 Å². The van der Waals surface area contributed by atoms with Crippen LogP contribution >= 0.6 is 24.0 Å². The van der Waals surface area contributed by atoms with E-state index in [2.05, 4.69) is 22.5 Å². The minimum absolute atomic E-state index is 0. The summed E-state index contributed by atoms with van der Waals surface area (Å²) < 4.78 is 6.08. The second kappa shape index (κ2) is 16.2. The van der Waals surface area contributed by atoms with Crippen LogP contribution < -0.4 is 10.6 Å². The van der Waals surface area contributed by atoms with Crippen molar-refractivity contribution in [1.29, 1.82) is 0 Å². The van der Waals surface area contributed by atoms with Gasteiger partial charge in [0, 0.05) is 46.3 Å². The Morgan fingerprint density at radius 3 is 2.38 bits per heavy atom. The monoisotopic (exact) mass is 522 g/mol. The second-order valence-corrected chi connectivity index (χ2v) is 8.23. The van der Waals surface area contributed by atoms with E-state index in [1.165, 1.54) is 38.5 Å². The van der Waals surface area contributed by atoms with Crippen molar-refractivity contribution >= 4 is 35.8 Å². The molecule has 0 aromatic heterocycles. The maximum Gasteiger partial charge on any atom is 0.220 e. The summed E-state index contributed by atoms with van der Waals surface area (Å²) in [4.78, 5) is 18.8. The molecule has 1 aliphatic heterocycles. The van der Waals surface area contributed by atoms with Crippen molar-refractivity contribution in [3.63, 3.8) is 0 Å². The fourth-order valence-corrected chi connectivity index (χ4v) is 4.20. The zero-order chi connectivity index (χ0) is 20.0. The SMILES string of the molecule is CCNC(=NCCCCOC1CCCCCC1)N1CCC(CC(=O)NC)CC1.I. The predicted molar refractivity (Wildman–Crippen MR) is 131 cm³/mol. The summed E-state index contributed by atoms with van der Waals surface area (Å²) in [6.07, 6.45) is 13.4. The number of halogens is 1. The molecule has 7 heteroatoms. The van der Waals surface area contributed by atoms with Crippen molar-refractivity contribution in [3.8, 4) is 0 Å². The smallest absolute Gasteiger partial charge is 0.220 e. The first-order chi connectivity index (χ1) is 13.7. The van der Waals surface area contributed by atoms with E-state index < -0.39 is 0 Å². The number of piperidine rings is 1. The number of rotatable bonds is 9. The number of carbonyl (C=O) groups excluding carboxylic acids is 1. The normalized spacial score (nSPS) is 19.4. The average molecular weight is 523 g/mol. The van der Waals surface area contributed by atoms with Gasteiger partial charge < -0.3 is 20.3 Å². The molecule has 0 unspecified atom stereocenters. The first-order valence-corrected chi connectivity index (χ1v) is 11.6. The molecule has 2 rings (SSSR count). The average Bonchev–Trinajstić information content (AvgIpc) is 2.99. The molecule has 1 amide bonds. The van der Waals surface area contributed by atoms with Crippen molar-refractivity contribution in [2.75, 3.05) is 39.8 Å². The Bertz CT molecular complexity index is 460. The molecule has 1 aliphatic carbocycles. The van der Waals surface area contributed by atoms with E-state index in [1.807, 2.05) is 0 Å². The van der Waals surface area contributed by atoms with Gasteiger partial charge in [0.2, 0.25) is 5.91 Å². The second-order valence-electron chi connectivity index (χ2n) is 8.23. The van der Waals surface area contributed by atoms with Crippen LogP contribution in [-0.4, -0.2) is 62.7 Å². The Morgan fingerprint density at radius 1 is 1.07 bits per heavy atom. The minimum atomic E-state index is 0. The number of nitrogens with zero attached hydrogens (tertiary/aromatic N) is 2. The van der Waals surface area contributed by atoms with E-state index in [0.29, 0.717) is 18.4 Å². The third kappa shape index (κ3) is 10.9. The Labute approximate surface area is 195 Å². The van der Waals surface area contributed by atoms with Crippen LogP contribution in [0.15, 0.2) is 4.99 Å². The molecule has 29 heavy (non-hydrogen) atoms. The van der Waals surface area contributed by atoms with Gasteiger partial charge in [-0.2, -0.15) is 0 Å². The van der Waals surface area contributed by atoms with Gasteiger partial charge >= 0.3 is 0 Å². The molecule has 0 aromatic carbocycles. The van der Waals surface area contributed by atoms with Crippen LogP contribution in [-0.2, 0) is 9.53 Å². The quantitative estimate of drug-likeness (QED) is 0.158. The highest BCUT2D eigenvalue weighted by Gasteiger charge is 2.23. The highest BCUT2D eigenvalue weighted by Crippen LogP contribution is 2.21. The van der Waals surface area contributed by atoms with E-state index in [1.54, 1.807) is 7.05 Å². The van der Waals surface area contributed by atoms with E-state index in [0.717, 1.165) is 64.4 Å². The zero-order valence-corrected chi connectivity index (χ0v) is 20.9. The van der Waals surface area contributed by atoms with Crippen LogP contribution in [0.25, 0.3) is 0 Å². The number of nitrogens with one attached hydrogen (secondary N) is 2. The third-order valence-electron chi connectivity index (χ3n) is 5.97.